The van der Waals surface area contributed by atoms with E-state index < -0.39 is 0 Å². The van der Waals surface area contributed by atoms with Gasteiger partial charge in [-0.15, -0.1) is 0 Å². The molecule has 0 fully saturated rings. The fourth-order valence-electron chi connectivity index (χ4n) is 3.13. The zero-order chi connectivity index (χ0) is 19.2. The van der Waals surface area contributed by atoms with Crippen LogP contribution in [0.4, 0.5) is 11.4 Å². The number of hydrogen-bond acceptors (Lipinski definition) is 5. The molecule has 27 heavy (non-hydrogen) atoms. The summed E-state index contributed by atoms with van der Waals surface area (Å²) in [5.41, 5.74) is 4.60. The monoisotopic (exact) mass is 366 g/mol. The van der Waals surface area contributed by atoms with E-state index in [4.69, 9.17) is 9.47 Å². The van der Waals surface area contributed by atoms with Gasteiger partial charge in [-0.25, -0.2) is 0 Å². The molecule has 3 rings (SSSR count). The lowest BCUT2D eigenvalue weighted by atomic mass is 10.1. The molecule has 0 bridgehead atoms. The van der Waals surface area contributed by atoms with Gasteiger partial charge in [-0.05, 0) is 38.0 Å². The molecule has 0 aliphatic carbocycles. The van der Waals surface area contributed by atoms with Crippen LogP contribution in [0.25, 0.3) is 10.9 Å². The molecule has 142 valence electrons. The first kappa shape index (κ1) is 19.0. The van der Waals surface area contributed by atoms with Gasteiger partial charge in [0.1, 0.15) is 0 Å². The van der Waals surface area contributed by atoms with Crippen molar-refractivity contribution >= 4 is 22.3 Å². The molecule has 0 saturated carbocycles. The highest BCUT2D eigenvalue weighted by Gasteiger charge is 2.15. The van der Waals surface area contributed by atoms with E-state index in [2.05, 4.69) is 23.3 Å². The van der Waals surface area contributed by atoms with Crippen molar-refractivity contribution in [2.24, 2.45) is 0 Å². The second kappa shape index (κ2) is 8.73. The minimum Gasteiger partial charge on any atom is -0.490 e. The SMILES string of the molecule is CCOc1cc2ncc(CO)c(Nc3ccccc3CC)c2cc1OCC. The highest BCUT2D eigenvalue weighted by atomic mass is 16.5. The fourth-order valence-corrected chi connectivity index (χ4v) is 3.13. The molecule has 2 aromatic carbocycles. The van der Waals surface area contributed by atoms with Crippen molar-refractivity contribution in [3.63, 3.8) is 0 Å². The summed E-state index contributed by atoms with van der Waals surface area (Å²) in [6, 6.07) is 12.0. The normalized spacial score (nSPS) is 10.8. The third-order valence-corrected chi connectivity index (χ3v) is 4.44. The van der Waals surface area contributed by atoms with Gasteiger partial charge in [0.15, 0.2) is 11.5 Å². The Morgan fingerprint density at radius 3 is 2.33 bits per heavy atom. The predicted octanol–water partition coefficient (Wildman–Crippen LogP) is 4.83. The molecular formula is C22H26N2O3. The van der Waals surface area contributed by atoms with Gasteiger partial charge in [-0.2, -0.15) is 0 Å². The Balaban J connectivity index is 2.18. The Morgan fingerprint density at radius 1 is 0.963 bits per heavy atom. The first-order chi connectivity index (χ1) is 13.2. The van der Waals surface area contributed by atoms with Crippen LogP contribution in [-0.2, 0) is 13.0 Å². The molecule has 2 N–H and O–H groups in total. The third kappa shape index (κ3) is 3.98. The fraction of sp³-hybridized carbons (Fsp3) is 0.318. The number of pyridine rings is 1. The average molecular weight is 366 g/mol. The van der Waals surface area contributed by atoms with E-state index in [0.29, 0.717) is 24.7 Å². The molecule has 3 aromatic rings. The van der Waals surface area contributed by atoms with E-state index in [1.54, 1.807) is 6.20 Å². The number of fused-ring (bicyclic) bond motifs is 1. The van der Waals surface area contributed by atoms with Crippen LogP contribution in [0.1, 0.15) is 31.9 Å². The number of aromatic nitrogens is 1. The highest BCUT2D eigenvalue weighted by molar-refractivity contribution is 5.96. The van der Waals surface area contributed by atoms with Crippen molar-refractivity contribution in [1.29, 1.82) is 0 Å². The molecule has 0 atom stereocenters. The number of hydrogen-bond donors (Lipinski definition) is 2. The van der Waals surface area contributed by atoms with Crippen molar-refractivity contribution in [3.05, 3.63) is 53.7 Å². The Labute approximate surface area is 160 Å². The molecule has 5 nitrogen and oxygen atoms in total. The van der Waals surface area contributed by atoms with Gasteiger partial charge < -0.3 is 19.9 Å². The summed E-state index contributed by atoms with van der Waals surface area (Å²) in [5, 5.41) is 14.3. The molecule has 0 spiro atoms. The van der Waals surface area contributed by atoms with Crippen molar-refractivity contribution in [2.75, 3.05) is 18.5 Å². The van der Waals surface area contributed by atoms with Gasteiger partial charge in [0.05, 0.1) is 31.0 Å². The predicted molar refractivity (Wildman–Crippen MR) is 109 cm³/mol. The summed E-state index contributed by atoms with van der Waals surface area (Å²) in [7, 11) is 0. The van der Waals surface area contributed by atoms with Crippen LogP contribution in [0.2, 0.25) is 0 Å². The topological polar surface area (TPSA) is 63.6 Å². The lowest BCUT2D eigenvalue weighted by Crippen LogP contribution is -2.03. The van der Waals surface area contributed by atoms with Crippen LogP contribution in [0.15, 0.2) is 42.6 Å². The number of rotatable bonds is 8. The number of aliphatic hydroxyl groups excluding tert-OH is 1. The van der Waals surface area contributed by atoms with E-state index >= 15 is 0 Å². The van der Waals surface area contributed by atoms with Crippen LogP contribution in [0.3, 0.4) is 0 Å². The number of nitrogens with zero attached hydrogens (tertiary/aromatic N) is 1. The van der Waals surface area contributed by atoms with Crippen LogP contribution in [-0.4, -0.2) is 23.3 Å². The van der Waals surface area contributed by atoms with Gasteiger partial charge in [0.2, 0.25) is 0 Å². The van der Waals surface area contributed by atoms with Gasteiger partial charge in [0, 0.05) is 28.9 Å². The largest absolute Gasteiger partial charge is 0.490 e. The van der Waals surface area contributed by atoms with Crippen molar-refractivity contribution in [1.82, 2.24) is 4.98 Å². The average Bonchev–Trinajstić information content (AvgIpc) is 2.69. The lowest BCUT2D eigenvalue weighted by molar-refractivity contribution is 0.282. The number of anilines is 2. The van der Waals surface area contributed by atoms with Crippen molar-refractivity contribution in [2.45, 2.75) is 33.8 Å². The Hall–Kier alpha value is -2.79. The van der Waals surface area contributed by atoms with Crippen molar-refractivity contribution in [3.8, 4) is 11.5 Å². The van der Waals surface area contributed by atoms with E-state index in [1.807, 2.05) is 44.2 Å². The van der Waals surface area contributed by atoms with Gasteiger partial charge >= 0.3 is 0 Å². The van der Waals surface area contributed by atoms with Crippen LogP contribution in [0.5, 0.6) is 11.5 Å². The van der Waals surface area contributed by atoms with E-state index in [1.165, 1.54) is 5.56 Å². The Kier molecular flexibility index (Phi) is 6.14. The quantitative estimate of drug-likeness (QED) is 0.598. The minimum absolute atomic E-state index is 0.100. The number of para-hydroxylation sites is 1. The zero-order valence-electron chi connectivity index (χ0n) is 16.1. The van der Waals surface area contributed by atoms with Gasteiger partial charge in [0.25, 0.3) is 0 Å². The Morgan fingerprint density at radius 2 is 1.67 bits per heavy atom. The molecule has 0 unspecified atom stereocenters. The van der Waals surface area contributed by atoms with Gasteiger partial charge in [-0.1, -0.05) is 25.1 Å². The molecule has 0 radical (unpaired) electrons. The number of benzene rings is 2. The number of ether oxygens (including phenoxy) is 2. The van der Waals surface area contributed by atoms with E-state index in [0.717, 1.165) is 34.3 Å². The van der Waals surface area contributed by atoms with Crippen molar-refractivity contribution < 1.29 is 14.6 Å². The van der Waals surface area contributed by atoms with Crippen LogP contribution in [0, 0.1) is 0 Å². The van der Waals surface area contributed by atoms with E-state index in [9.17, 15) is 5.11 Å². The summed E-state index contributed by atoms with van der Waals surface area (Å²) < 4.78 is 11.5. The van der Waals surface area contributed by atoms with Gasteiger partial charge in [-0.3, -0.25) is 4.98 Å². The van der Waals surface area contributed by atoms with Crippen LogP contribution < -0.4 is 14.8 Å². The molecule has 5 heteroatoms. The summed E-state index contributed by atoms with van der Waals surface area (Å²) in [5.74, 6) is 1.35. The third-order valence-electron chi connectivity index (χ3n) is 4.44. The molecular weight excluding hydrogens is 340 g/mol. The highest BCUT2D eigenvalue weighted by Crippen LogP contribution is 2.38. The summed E-state index contributed by atoms with van der Waals surface area (Å²) in [6.45, 7) is 7.00. The first-order valence-electron chi connectivity index (χ1n) is 9.38. The minimum atomic E-state index is -0.100. The second-order valence-electron chi connectivity index (χ2n) is 6.13. The second-order valence-corrected chi connectivity index (χ2v) is 6.13. The lowest BCUT2D eigenvalue weighted by Gasteiger charge is -2.18. The molecule has 1 aromatic heterocycles. The molecule has 0 aliphatic heterocycles. The Bertz CT molecular complexity index is 925. The maximum Gasteiger partial charge on any atom is 0.163 e. The smallest absolute Gasteiger partial charge is 0.163 e. The summed E-state index contributed by atoms with van der Waals surface area (Å²) in [4.78, 5) is 4.51. The standard InChI is InChI=1S/C22H26N2O3/c1-4-15-9-7-8-10-18(15)24-22-16(14-25)13-23-19-12-21(27-6-3)20(26-5-2)11-17(19)22/h7-13,25H,4-6,14H2,1-3H3,(H,23,24). The summed E-state index contributed by atoms with van der Waals surface area (Å²) >= 11 is 0. The number of aliphatic hydroxyl groups is 1. The first-order valence-corrected chi connectivity index (χ1v) is 9.38. The molecule has 0 saturated heterocycles. The molecule has 0 amide bonds. The molecule has 1 heterocycles. The maximum absolute atomic E-state index is 9.86. The van der Waals surface area contributed by atoms with E-state index in [-0.39, 0.29) is 6.61 Å². The number of nitrogens with one attached hydrogen (secondary N) is 1. The summed E-state index contributed by atoms with van der Waals surface area (Å²) in [6.07, 6.45) is 2.62. The number of aryl methyl sites for hydroxylation is 1. The van der Waals surface area contributed by atoms with Crippen LogP contribution >= 0.6 is 0 Å². The maximum atomic E-state index is 9.86. The zero-order valence-corrected chi connectivity index (χ0v) is 16.1. The molecule has 0 aliphatic rings.